The van der Waals surface area contributed by atoms with E-state index in [4.69, 9.17) is 5.73 Å². The summed E-state index contributed by atoms with van der Waals surface area (Å²) in [6.45, 7) is 4.23. The second-order valence-electron chi connectivity index (χ2n) is 6.70. The highest BCUT2D eigenvalue weighted by Crippen LogP contribution is 2.32. The van der Waals surface area contributed by atoms with Gasteiger partial charge in [0.15, 0.2) is 5.65 Å². The number of pyridine rings is 1. The molecule has 1 fully saturated rings. The first-order valence-electron chi connectivity index (χ1n) is 8.56. The van der Waals surface area contributed by atoms with Gasteiger partial charge in [-0.15, -0.1) is 0 Å². The van der Waals surface area contributed by atoms with Crippen LogP contribution in [-0.2, 0) is 0 Å². The van der Waals surface area contributed by atoms with Crippen molar-refractivity contribution in [3.8, 4) is 0 Å². The molecule has 3 aromatic rings. The summed E-state index contributed by atoms with van der Waals surface area (Å²) >= 11 is 0. The van der Waals surface area contributed by atoms with E-state index in [1.807, 2.05) is 13.0 Å². The Hall–Kier alpha value is -3.16. The maximum Gasteiger partial charge on any atom is 0.275 e. The summed E-state index contributed by atoms with van der Waals surface area (Å²) in [5.41, 5.74) is 9.26. The quantitative estimate of drug-likeness (QED) is 0.728. The molecule has 1 aliphatic heterocycles. The number of aromatic nitrogens is 4. The molecule has 1 aliphatic rings. The molecular weight excluding hydrogens is 332 g/mol. The molecule has 3 aromatic heterocycles. The molecule has 0 aliphatic carbocycles. The lowest BCUT2D eigenvalue weighted by Gasteiger charge is -2.23. The van der Waals surface area contributed by atoms with E-state index in [2.05, 4.69) is 15.1 Å². The Morgan fingerprint density at radius 1 is 1.31 bits per heavy atom. The number of hydrogen-bond acceptors (Lipinski definition) is 5. The minimum atomic E-state index is -0.134. The van der Waals surface area contributed by atoms with Gasteiger partial charge in [-0.2, -0.15) is 0 Å². The molecule has 0 spiro atoms. The number of amides is 1. The van der Waals surface area contributed by atoms with Crippen molar-refractivity contribution in [2.45, 2.75) is 32.7 Å². The van der Waals surface area contributed by atoms with Crippen LogP contribution in [-0.4, -0.2) is 36.9 Å². The first-order chi connectivity index (χ1) is 12.5. The van der Waals surface area contributed by atoms with Crippen LogP contribution in [0.5, 0.6) is 0 Å². The standard InChI is InChI=1S/C18H20N6O2/c1-10-11(2)21-16-7-14(22-24(16)17(10)25)15-4-3-5-23(15)18(26)12-6-13(19)9-20-8-12/h6-9,15,22H,3-5,19H2,1-2H3. The minimum absolute atomic E-state index is 0.112. The number of nitrogens with zero attached hydrogens (tertiary/aromatic N) is 4. The maximum atomic E-state index is 12.9. The van der Waals surface area contributed by atoms with Crippen LogP contribution in [0.3, 0.4) is 0 Å². The van der Waals surface area contributed by atoms with Gasteiger partial charge in [-0.1, -0.05) is 0 Å². The number of rotatable bonds is 2. The average Bonchev–Trinajstić information content (AvgIpc) is 3.25. The van der Waals surface area contributed by atoms with Gasteiger partial charge in [0.25, 0.3) is 11.5 Å². The average molecular weight is 352 g/mol. The molecule has 8 nitrogen and oxygen atoms in total. The summed E-state index contributed by atoms with van der Waals surface area (Å²) in [6.07, 6.45) is 4.75. The lowest BCUT2D eigenvalue weighted by atomic mass is 10.1. The molecule has 134 valence electrons. The third kappa shape index (κ3) is 2.54. The number of nitrogen functional groups attached to an aromatic ring is 1. The number of carbonyl (C=O) groups excluding carboxylic acids is 1. The summed E-state index contributed by atoms with van der Waals surface area (Å²) in [5, 5.41) is 3.13. The molecule has 1 saturated heterocycles. The van der Waals surface area contributed by atoms with Gasteiger partial charge in [0.1, 0.15) is 0 Å². The lowest BCUT2D eigenvalue weighted by molar-refractivity contribution is 0.0732. The molecule has 0 aromatic carbocycles. The Bertz CT molecular complexity index is 1070. The van der Waals surface area contributed by atoms with Gasteiger partial charge in [0.2, 0.25) is 0 Å². The smallest absolute Gasteiger partial charge is 0.275 e. The van der Waals surface area contributed by atoms with Gasteiger partial charge in [-0.3, -0.25) is 19.7 Å². The van der Waals surface area contributed by atoms with Crippen LogP contribution in [0, 0.1) is 13.8 Å². The molecule has 1 unspecified atom stereocenters. The zero-order valence-corrected chi connectivity index (χ0v) is 14.7. The molecule has 4 rings (SSSR count). The van der Waals surface area contributed by atoms with Crippen LogP contribution in [0.4, 0.5) is 5.69 Å². The van der Waals surface area contributed by atoms with E-state index in [9.17, 15) is 9.59 Å². The number of aromatic amines is 1. The highest BCUT2D eigenvalue weighted by Gasteiger charge is 2.32. The van der Waals surface area contributed by atoms with Crippen molar-refractivity contribution in [1.82, 2.24) is 24.5 Å². The summed E-state index contributed by atoms with van der Waals surface area (Å²) < 4.78 is 1.45. The number of H-pyrrole nitrogens is 1. The van der Waals surface area contributed by atoms with Crippen molar-refractivity contribution in [3.63, 3.8) is 0 Å². The number of likely N-dealkylation sites (tertiary alicyclic amines) is 1. The molecule has 26 heavy (non-hydrogen) atoms. The molecule has 1 amide bonds. The Morgan fingerprint density at radius 3 is 2.88 bits per heavy atom. The Balaban J connectivity index is 1.73. The van der Waals surface area contributed by atoms with Crippen LogP contribution in [0.15, 0.2) is 29.3 Å². The number of aryl methyl sites for hydroxylation is 1. The Kier molecular flexibility index (Phi) is 3.75. The van der Waals surface area contributed by atoms with Crippen LogP contribution in [0.1, 0.15) is 46.2 Å². The van der Waals surface area contributed by atoms with Crippen molar-refractivity contribution in [2.24, 2.45) is 0 Å². The largest absolute Gasteiger partial charge is 0.397 e. The third-order valence-corrected chi connectivity index (χ3v) is 4.98. The summed E-state index contributed by atoms with van der Waals surface area (Å²) in [6, 6.07) is 3.35. The molecule has 0 radical (unpaired) electrons. The van der Waals surface area contributed by atoms with Gasteiger partial charge in [-0.25, -0.2) is 9.50 Å². The third-order valence-electron chi connectivity index (χ3n) is 4.98. The van der Waals surface area contributed by atoms with Crippen molar-refractivity contribution in [2.75, 3.05) is 12.3 Å². The second-order valence-corrected chi connectivity index (χ2v) is 6.70. The Labute approximate surface area is 149 Å². The van der Waals surface area contributed by atoms with Crippen molar-refractivity contribution in [3.05, 3.63) is 57.4 Å². The molecule has 1 atom stereocenters. The van der Waals surface area contributed by atoms with E-state index in [0.717, 1.165) is 18.5 Å². The highest BCUT2D eigenvalue weighted by atomic mass is 16.2. The normalized spacial score (nSPS) is 17.2. The van der Waals surface area contributed by atoms with Crippen LogP contribution >= 0.6 is 0 Å². The number of nitrogens with one attached hydrogen (secondary N) is 1. The number of nitrogens with two attached hydrogens (primary N) is 1. The SMILES string of the molecule is Cc1nc2cc(C3CCCN3C(=O)c3cncc(N)c3)[nH]n2c(=O)c1C. The summed E-state index contributed by atoms with van der Waals surface area (Å²) in [7, 11) is 0. The second kappa shape index (κ2) is 5.98. The fourth-order valence-corrected chi connectivity index (χ4v) is 3.48. The topological polar surface area (TPSA) is 109 Å². The first kappa shape index (κ1) is 16.3. The molecule has 0 bridgehead atoms. The van der Waals surface area contributed by atoms with Gasteiger partial charge in [0.05, 0.1) is 23.0 Å². The van der Waals surface area contributed by atoms with Crippen molar-refractivity contribution < 1.29 is 4.79 Å². The van der Waals surface area contributed by atoms with Crippen LogP contribution in [0.25, 0.3) is 5.65 Å². The van der Waals surface area contributed by atoms with Gasteiger partial charge >= 0.3 is 0 Å². The van der Waals surface area contributed by atoms with E-state index in [0.29, 0.717) is 34.7 Å². The monoisotopic (exact) mass is 352 g/mol. The predicted octanol–water partition coefficient (Wildman–Crippen LogP) is 1.59. The van der Waals surface area contributed by atoms with Crippen LogP contribution in [0.2, 0.25) is 0 Å². The molecular formula is C18H20N6O2. The molecule has 3 N–H and O–H groups in total. The number of carbonyl (C=O) groups is 1. The van der Waals surface area contributed by atoms with Crippen molar-refractivity contribution >= 4 is 17.2 Å². The van der Waals surface area contributed by atoms with Gasteiger partial charge in [-0.05, 0) is 32.8 Å². The number of hydrogen-bond donors (Lipinski definition) is 2. The maximum absolute atomic E-state index is 12.9. The Morgan fingerprint density at radius 2 is 2.12 bits per heavy atom. The van der Waals surface area contributed by atoms with Crippen LogP contribution < -0.4 is 11.3 Å². The zero-order chi connectivity index (χ0) is 18.4. The minimum Gasteiger partial charge on any atom is -0.397 e. The predicted molar refractivity (Wildman–Crippen MR) is 96.9 cm³/mol. The van der Waals surface area contributed by atoms with E-state index in [1.165, 1.54) is 16.9 Å². The van der Waals surface area contributed by atoms with E-state index >= 15 is 0 Å². The number of anilines is 1. The fourth-order valence-electron chi connectivity index (χ4n) is 3.48. The molecule has 8 heteroatoms. The fraction of sp³-hybridized carbons (Fsp3) is 0.333. The van der Waals surface area contributed by atoms with Crippen molar-refractivity contribution in [1.29, 1.82) is 0 Å². The molecule has 0 saturated carbocycles. The summed E-state index contributed by atoms with van der Waals surface area (Å²) in [5.74, 6) is -0.112. The van der Waals surface area contributed by atoms with E-state index < -0.39 is 0 Å². The number of fused-ring (bicyclic) bond motifs is 1. The first-order valence-corrected chi connectivity index (χ1v) is 8.56. The van der Waals surface area contributed by atoms with Gasteiger partial charge < -0.3 is 10.6 Å². The molecule has 4 heterocycles. The van der Waals surface area contributed by atoms with Gasteiger partial charge in [0, 0.05) is 36.3 Å². The zero-order valence-electron chi connectivity index (χ0n) is 14.7. The van der Waals surface area contributed by atoms with E-state index in [1.54, 1.807) is 17.9 Å². The van der Waals surface area contributed by atoms with E-state index in [-0.39, 0.29) is 17.5 Å². The highest BCUT2D eigenvalue weighted by molar-refractivity contribution is 5.95. The summed E-state index contributed by atoms with van der Waals surface area (Å²) in [4.78, 5) is 35.6. The lowest BCUT2D eigenvalue weighted by Crippen LogP contribution is -2.31.